The number of nitrogens with zero attached hydrogens (tertiary/aromatic N) is 1. The van der Waals surface area contributed by atoms with Crippen LogP contribution in [-0.4, -0.2) is 42.3 Å². The quantitative estimate of drug-likeness (QED) is 0.657. The fourth-order valence-corrected chi connectivity index (χ4v) is 3.25. The zero-order valence-corrected chi connectivity index (χ0v) is 14.5. The fraction of sp³-hybridized carbons (Fsp3) is 0.529. The molecule has 2 rings (SSSR count). The summed E-state index contributed by atoms with van der Waals surface area (Å²) in [6.07, 6.45) is 5.12. The molecule has 1 aliphatic heterocycles. The van der Waals surface area contributed by atoms with Gasteiger partial charge in [0, 0.05) is 23.2 Å². The number of urea groups is 1. The maximum Gasteiger partial charge on any atom is 0.322 e. The molecule has 0 unspecified atom stereocenters. The van der Waals surface area contributed by atoms with Gasteiger partial charge < -0.3 is 15.0 Å². The van der Waals surface area contributed by atoms with E-state index in [1.165, 1.54) is 0 Å². The van der Waals surface area contributed by atoms with Crippen LogP contribution in [-0.2, 0) is 9.53 Å². The highest BCUT2D eigenvalue weighted by atomic mass is 32.2. The number of likely N-dealkylation sites (tertiary alicyclic amines) is 1. The van der Waals surface area contributed by atoms with Crippen molar-refractivity contribution in [1.82, 2.24) is 4.90 Å². The molecule has 1 aromatic carbocycles. The summed E-state index contributed by atoms with van der Waals surface area (Å²) in [6.45, 7) is 2.85. The first-order valence-electron chi connectivity index (χ1n) is 8.01. The molecule has 1 fully saturated rings. The second kappa shape index (κ2) is 8.82. The molecule has 5 nitrogen and oxygen atoms in total. The monoisotopic (exact) mass is 336 g/mol. The number of hydrogen-bond donors (Lipinski definition) is 1. The van der Waals surface area contributed by atoms with Gasteiger partial charge in [-0.05, 0) is 50.6 Å². The van der Waals surface area contributed by atoms with Crippen LogP contribution < -0.4 is 5.32 Å². The molecule has 1 N–H and O–H groups in total. The van der Waals surface area contributed by atoms with Gasteiger partial charge in [-0.15, -0.1) is 11.8 Å². The van der Waals surface area contributed by atoms with E-state index in [1.54, 1.807) is 23.6 Å². The molecule has 1 heterocycles. The highest BCUT2D eigenvalue weighted by Gasteiger charge is 2.29. The smallest absolute Gasteiger partial charge is 0.322 e. The van der Waals surface area contributed by atoms with Gasteiger partial charge in [0.1, 0.15) is 0 Å². The number of nitrogens with one attached hydrogen (secondary N) is 1. The number of benzene rings is 1. The second-order valence-electron chi connectivity index (χ2n) is 5.51. The van der Waals surface area contributed by atoms with Crippen molar-refractivity contribution in [3.05, 3.63) is 24.3 Å². The summed E-state index contributed by atoms with van der Waals surface area (Å²) < 4.78 is 5.02. The summed E-state index contributed by atoms with van der Waals surface area (Å²) in [4.78, 5) is 27.2. The van der Waals surface area contributed by atoms with Crippen LogP contribution in [0.15, 0.2) is 29.2 Å². The fourth-order valence-electron chi connectivity index (χ4n) is 2.79. The third-order valence-corrected chi connectivity index (χ3v) is 4.64. The van der Waals surface area contributed by atoms with E-state index in [0.717, 1.165) is 29.8 Å². The molecule has 0 bridgehead atoms. The maximum atomic E-state index is 12.6. The summed E-state index contributed by atoms with van der Waals surface area (Å²) in [6, 6.07) is 7.54. The van der Waals surface area contributed by atoms with Crippen LogP contribution in [0.5, 0.6) is 0 Å². The van der Waals surface area contributed by atoms with E-state index in [4.69, 9.17) is 4.74 Å². The van der Waals surface area contributed by atoms with Gasteiger partial charge in [0.05, 0.1) is 13.0 Å². The van der Waals surface area contributed by atoms with Crippen molar-refractivity contribution >= 4 is 29.4 Å². The van der Waals surface area contributed by atoms with Gasteiger partial charge in [-0.25, -0.2) is 4.79 Å². The summed E-state index contributed by atoms with van der Waals surface area (Å²) in [5.74, 6) is -0.235. The Hall–Kier alpha value is -1.69. The van der Waals surface area contributed by atoms with Crippen molar-refractivity contribution in [2.45, 2.75) is 43.5 Å². The largest absolute Gasteiger partial charge is 0.466 e. The van der Waals surface area contributed by atoms with Crippen LogP contribution in [0.2, 0.25) is 0 Å². The number of ether oxygens (including phenoxy) is 1. The second-order valence-corrected chi connectivity index (χ2v) is 6.39. The van der Waals surface area contributed by atoms with E-state index < -0.39 is 0 Å². The molecule has 6 heteroatoms. The first kappa shape index (κ1) is 17.7. The summed E-state index contributed by atoms with van der Waals surface area (Å²) >= 11 is 1.63. The topological polar surface area (TPSA) is 58.6 Å². The van der Waals surface area contributed by atoms with Gasteiger partial charge in [0.25, 0.3) is 0 Å². The number of piperidine rings is 1. The minimum absolute atomic E-state index is 0.0773. The molecule has 1 saturated heterocycles. The average molecular weight is 336 g/mol. The number of hydrogen-bond acceptors (Lipinski definition) is 4. The van der Waals surface area contributed by atoms with Gasteiger partial charge in [-0.1, -0.05) is 6.07 Å². The highest BCUT2D eigenvalue weighted by Crippen LogP contribution is 2.23. The third-order valence-electron chi connectivity index (χ3n) is 3.92. The van der Waals surface area contributed by atoms with E-state index in [-0.39, 0.29) is 24.5 Å². The number of esters is 1. The number of thioether (sulfide) groups is 1. The van der Waals surface area contributed by atoms with Gasteiger partial charge in [0.15, 0.2) is 0 Å². The molecule has 0 aliphatic carbocycles. The van der Waals surface area contributed by atoms with Gasteiger partial charge in [-0.2, -0.15) is 0 Å². The van der Waals surface area contributed by atoms with Crippen molar-refractivity contribution in [2.75, 3.05) is 24.7 Å². The van der Waals surface area contributed by atoms with Crippen molar-refractivity contribution in [1.29, 1.82) is 0 Å². The molecular formula is C17H24N2O3S. The van der Waals surface area contributed by atoms with Crippen LogP contribution >= 0.6 is 11.8 Å². The zero-order valence-electron chi connectivity index (χ0n) is 13.7. The van der Waals surface area contributed by atoms with Gasteiger partial charge >= 0.3 is 12.0 Å². The van der Waals surface area contributed by atoms with Gasteiger partial charge in [0.2, 0.25) is 0 Å². The summed E-state index contributed by atoms with van der Waals surface area (Å²) in [5.41, 5.74) is 0.780. The molecule has 23 heavy (non-hydrogen) atoms. The molecule has 0 radical (unpaired) electrons. The van der Waals surface area contributed by atoms with Crippen LogP contribution in [0.25, 0.3) is 0 Å². The molecule has 0 saturated carbocycles. The Morgan fingerprint density at radius 1 is 1.39 bits per heavy atom. The lowest BCUT2D eigenvalue weighted by Gasteiger charge is -2.35. The van der Waals surface area contributed by atoms with Crippen molar-refractivity contribution in [2.24, 2.45) is 0 Å². The number of carbonyl (C=O) groups excluding carboxylic acids is 2. The normalized spacial score (nSPS) is 17.7. The Labute approximate surface area is 141 Å². The Kier molecular flexibility index (Phi) is 6.77. The Bertz CT molecular complexity index is 550. The van der Waals surface area contributed by atoms with Crippen LogP contribution in [0.1, 0.15) is 32.6 Å². The van der Waals surface area contributed by atoms with E-state index >= 15 is 0 Å². The minimum Gasteiger partial charge on any atom is -0.466 e. The van der Waals surface area contributed by atoms with Crippen LogP contribution in [0.4, 0.5) is 10.5 Å². The molecule has 1 atom stereocenters. The lowest BCUT2D eigenvalue weighted by Crippen LogP contribution is -2.46. The first-order valence-corrected chi connectivity index (χ1v) is 9.23. The SMILES string of the molecule is CCOC(=O)C[C@H]1CCCCN1C(=O)Nc1cccc(SC)c1. The van der Waals surface area contributed by atoms with E-state index in [0.29, 0.717) is 13.2 Å². The van der Waals surface area contributed by atoms with Gasteiger partial charge in [-0.3, -0.25) is 4.79 Å². The predicted octanol–water partition coefficient (Wildman–Crippen LogP) is 3.75. The predicted molar refractivity (Wildman–Crippen MR) is 92.8 cm³/mol. The van der Waals surface area contributed by atoms with E-state index in [2.05, 4.69) is 5.32 Å². The number of amides is 2. The Balaban J connectivity index is 2.01. The molecule has 1 aliphatic rings. The number of rotatable bonds is 5. The Morgan fingerprint density at radius 3 is 2.96 bits per heavy atom. The average Bonchev–Trinajstić information content (AvgIpc) is 2.55. The summed E-state index contributed by atoms with van der Waals surface area (Å²) in [7, 11) is 0. The molecular weight excluding hydrogens is 312 g/mol. The highest BCUT2D eigenvalue weighted by molar-refractivity contribution is 7.98. The standard InChI is InChI=1S/C17H24N2O3S/c1-3-22-16(20)12-14-8-4-5-10-19(14)17(21)18-13-7-6-9-15(11-13)23-2/h6-7,9,11,14H,3-5,8,10,12H2,1-2H3,(H,18,21)/t14-/m1/s1. The van der Waals surface area contributed by atoms with Crippen molar-refractivity contribution in [3.8, 4) is 0 Å². The lowest BCUT2D eigenvalue weighted by atomic mass is 10.00. The molecule has 126 valence electrons. The Morgan fingerprint density at radius 2 is 2.22 bits per heavy atom. The zero-order chi connectivity index (χ0) is 16.7. The minimum atomic E-state index is -0.235. The number of carbonyl (C=O) groups is 2. The molecule has 0 aromatic heterocycles. The number of anilines is 1. The molecule has 1 aromatic rings. The molecule has 0 spiro atoms. The molecule has 2 amide bonds. The van der Waals surface area contributed by atoms with Crippen LogP contribution in [0, 0.1) is 0 Å². The van der Waals surface area contributed by atoms with Crippen molar-refractivity contribution in [3.63, 3.8) is 0 Å². The third kappa shape index (κ3) is 5.16. The van der Waals surface area contributed by atoms with Crippen LogP contribution in [0.3, 0.4) is 0 Å². The summed E-state index contributed by atoms with van der Waals surface area (Å²) in [5, 5.41) is 2.94. The maximum absolute atomic E-state index is 12.6. The lowest BCUT2D eigenvalue weighted by molar-refractivity contribution is -0.144. The van der Waals surface area contributed by atoms with Crippen molar-refractivity contribution < 1.29 is 14.3 Å². The first-order chi connectivity index (χ1) is 11.1. The van der Waals surface area contributed by atoms with E-state index in [1.807, 2.05) is 30.5 Å². The van der Waals surface area contributed by atoms with E-state index in [9.17, 15) is 9.59 Å².